The Morgan fingerprint density at radius 1 is 1.47 bits per heavy atom. The van der Waals surface area contributed by atoms with Crippen molar-refractivity contribution in [2.24, 2.45) is 0 Å². The molecule has 0 aliphatic rings. The van der Waals surface area contributed by atoms with Gasteiger partial charge in [0.1, 0.15) is 11.4 Å². The maximum absolute atomic E-state index is 13.3. The molecule has 0 unspecified atom stereocenters. The number of sulfonamides is 1. The number of methoxy groups -OCH3 is 1. The number of benzene rings is 1. The Hall–Kier alpha value is -1.67. The summed E-state index contributed by atoms with van der Waals surface area (Å²) in [5.74, 6) is -2.77. The standard InChI is InChI=1S/C11H14FNO5S/c1-18-6-3-7-19(16,17)13-9-5-2-4-8(12)10(9)11(14)15/h2,4-5,13H,3,6-7H2,1H3,(H,14,15). The fourth-order valence-corrected chi connectivity index (χ4v) is 2.54. The molecule has 0 atom stereocenters. The third kappa shape index (κ3) is 4.49. The molecule has 6 nitrogen and oxygen atoms in total. The molecular weight excluding hydrogens is 277 g/mol. The van der Waals surface area contributed by atoms with Gasteiger partial charge in [-0.3, -0.25) is 4.72 Å². The molecule has 1 rings (SSSR count). The summed E-state index contributed by atoms with van der Waals surface area (Å²) in [6.07, 6.45) is 0.254. The van der Waals surface area contributed by atoms with Gasteiger partial charge in [-0.2, -0.15) is 0 Å². The zero-order valence-electron chi connectivity index (χ0n) is 10.2. The molecule has 0 saturated heterocycles. The highest BCUT2D eigenvalue weighted by atomic mass is 32.2. The van der Waals surface area contributed by atoms with Gasteiger partial charge in [-0.15, -0.1) is 0 Å². The molecule has 106 valence electrons. The van der Waals surface area contributed by atoms with E-state index in [1.54, 1.807) is 0 Å². The molecule has 0 fully saturated rings. The van der Waals surface area contributed by atoms with E-state index in [1.807, 2.05) is 0 Å². The molecule has 19 heavy (non-hydrogen) atoms. The van der Waals surface area contributed by atoms with Gasteiger partial charge in [-0.25, -0.2) is 17.6 Å². The van der Waals surface area contributed by atoms with Crippen LogP contribution in [-0.2, 0) is 14.8 Å². The van der Waals surface area contributed by atoms with E-state index in [0.717, 1.165) is 6.07 Å². The molecule has 0 bridgehead atoms. The van der Waals surface area contributed by atoms with Gasteiger partial charge in [-0.1, -0.05) is 6.07 Å². The van der Waals surface area contributed by atoms with Crippen molar-refractivity contribution in [3.05, 3.63) is 29.6 Å². The second-order valence-corrected chi connectivity index (χ2v) is 5.58. The lowest BCUT2D eigenvalue weighted by molar-refractivity contribution is 0.0693. The molecule has 0 aromatic heterocycles. The van der Waals surface area contributed by atoms with Crippen LogP contribution < -0.4 is 4.72 Å². The lowest BCUT2D eigenvalue weighted by Crippen LogP contribution is -2.20. The van der Waals surface area contributed by atoms with Crippen molar-refractivity contribution < 1.29 is 27.4 Å². The summed E-state index contributed by atoms with van der Waals surface area (Å²) < 4.78 is 43.5. The summed E-state index contributed by atoms with van der Waals surface area (Å²) >= 11 is 0. The van der Waals surface area contributed by atoms with Gasteiger partial charge < -0.3 is 9.84 Å². The van der Waals surface area contributed by atoms with Crippen LogP contribution in [0.2, 0.25) is 0 Å². The molecule has 2 N–H and O–H groups in total. The zero-order chi connectivity index (χ0) is 14.5. The molecule has 0 heterocycles. The minimum atomic E-state index is -3.74. The predicted octanol–water partition coefficient (Wildman–Crippen LogP) is 1.30. The summed E-state index contributed by atoms with van der Waals surface area (Å²) in [6, 6.07) is 3.38. The largest absolute Gasteiger partial charge is 0.478 e. The Balaban J connectivity index is 2.93. The molecule has 8 heteroatoms. The van der Waals surface area contributed by atoms with Crippen molar-refractivity contribution in [3.8, 4) is 0 Å². The molecule has 0 aliphatic carbocycles. The van der Waals surface area contributed by atoms with E-state index in [1.165, 1.54) is 19.2 Å². The molecule has 0 saturated carbocycles. The number of rotatable bonds is 7. The molecule has 0 aliphatic heterocycles. The van der Waals surface area contributed by atoms with Crippen LogP contribution in [0.15, 0.2) is 18.2 Å². The average molecular weight is 291 g/mol. The molecule has 0 amide bonds. The third-order valence-corrected chi connectivity index (χ3v) is 3.61. The minimum Gasteiger partial charge on any atom is -0.478 e. The van der Waals surface area contributed by atoms with E-state index in [-0.39, 0.29) is 24.5 Å². The van der Waals surface area contributed by atoms with Gasteiger partial charge in [0.2, 0.25) is 10.0 Å². The summed E-state index contributed by atoms with van der Waals surface area (Å²) in [4.78, 5) is 10.9. The van der Waals surface area contributed by atoms with E-state index in [9.17, 15) is 17.6 Å². The van der Waals surface area contributed by atoms with Crippen molar-refractivity contribution in [1.29, 1.82) is 0 Å². The Kier molecular flexibility index (Phi) is 5.25. The van der Waals surface area contributed by atoms with Crippen molar-refractivity contribution in [3.63, 3.8) is 0 Å². The normalized spacial score (nSPS) is 11.3. The third-order valence-electron chi connectivity index (χ3n) is 2.25. The molecular formula is C11H14FNO5S. The number of aromatic carboxylic acids is 1. The minimum absolute atomic E-state index is 0.240. The van der Waals surface area contributed by atoms with Crippen LogP contribution >= 0.6 is 0 Å². The summed E-state index contributed by atoms with van der Waals surface area (Å²) in [5.41, 5.74) is -0.984. The number of nitrogens with one attached hydrogen (secondary N) is 1. The van der Waals surface area contributed by atoms with Crippen LogP contribution in [0.5, 0.6) is 0 Å². The SMILES string of the molecule is COCCCS(=O)(=O)Nc1cccc(F)c1C(=O)O. The molecule has 0 radical (unpaired) electrons. The maximum atomic E-state index is 13.3. The van der Waals surface area contributed by atoms with Crippen LogP contribution in [0.3, 0.4) is 0 Å². The lowest BCUT2D eigenvalue weighted by Gasteiger charge is -2.10. The lowest BCUT2D eigenvalue weighted by atomic mass is 10.2. The smallest absolute Gasteiger partial charge is 0.340 e. The van der Waals surface area contributed by atoms with Crippen molar-refractivity contribution >= 4 is 21.7 Å². The number of carbonyl (C=O) groups is 1. The number of carboxylic acid groups (broad SMARTS) is 1. The Labute approximate surface area is 110 Å². The van der Waals surface area contributed by atoms with E-state index in [2.05, 4.69) is 4.72 Å². The van der Waals surface area contributed by atoms with Crippen molar-refractivity contribution in [1.82, 2.24) is 0 Å². The molecule has 1 aromatic rings. The van der Waals surface area contributed by atoms with Crippen molar-refractivity contribution in [2.45, 2.75) is 6.42 Å². The van der Waals surface area contributed by atoms with Gasteiger partial charge in [0.15, 0.2) is 0 Å². The van der Waals surface area contributed by atoms with E-state index in [0.29, 0.717) is 0 Å². The number of hydrogen-bond donors (Lipinski definition) is 2. The average Bonchev–Trinajstić information content (AvgIpc) is 2.27. The first-order valence-corrected chi connectivity index (χ1v) is 7.04. The van der Waals surface area contributed by atoms with Gasteiger partial charge in [0.05, 0.1) is 11.4 Å². The van der Waals surface area contributed by atoms with E-state index < -0.39 is 27.4 Å². The van der Waals surface area contributed by atoms with E-state index >= 15 is 0 Å². The number of hydrogen-bond acceptors (Lipinski definition) is 4. The maximum Gasteiger partial charge on any atom is 0.340 e. The monoisotopic (exact) mass is 291 g/mol. The highest BCUT2D eigenvalue weighted by Crippen LogP contribution is 2.20. The molecule has 0 spiro atoms. The van der Waals surface area contributed by atoms with Gasteiger partial charge in [0.25, 0.3) is 0 Å². The first kappa shape index (κ1) is 15.4. The Morgan fingerprint density at radius 2 is 2.16 bits per heavy atom. The molecule has 1 aromatic carbocycles. The topological polar surface area (TPSA) is 92.7 Å². The van der Waals surface area contributed by atoms with Gasteiger partial charge in [0, 0.05) is 13.7 Å². The second-order valence-electron chi connectivity index (χ2n) is 3.73. The predicted molar refractivity (Wildman–Crippen MR) is 67.3 cm³/mol. The van der Waals surface area contributed by atoms with Crippen LogP contribution in [0.4, 0.5) is 10.1 Å². The first-order valence-electron chi connectivity index (χ1n) is 5.38. The fraction of sp³-hybridized carbons (Fsp3) is 0.364. The second kappa shape index (κ2) is 6.48. The summed E-state index contributed by atoms with van der Waals surface area (Å²) in [5, 5.41) is 8.86. The highest BCUT2D eigenvalue weighted by molar-refractivity contribution is 7.92. The van der Waals surface area contributed by atoms with Crippen molar-refractivity contribution in [2.75, 3.05) is 24.2 Å². The van der Waals surface area contributed by atoms with E-state index in [4.69, 9.17) is 9.84 Å². The first-order chi connectivity index (χ1) is 8.87. The van der Waals surface area contributed by atoms with Crippen LogP contribution in [0, 0.1) is 5.82 Å². The number of anilines is 1. The number of halogens is 1. The van der Waals surface area contributed by atoms with Crippen LogP contribution in [0.1, 0.15) is 16.8 Å². The Morgan fingerprint density at radius 3 is 2.74 bits per heavy atom. The zero-order valence-corrected chi connectivity index (χ0v) is 11.0. The number of carboxylic acids is 1. The van der Waals surface area contributed by atoms with Gasteiger partial charge in [-0.05, 0) is 18.6 Å². The quantitative estimate of drug-likeness (QED) is 0.739. The van der Waals surface area contributed by atoms with Crippen LogP contribution in [0.25, 0.3) is 0 Å². The Bertz CT molecular complexity index is 558. The van der Waals surface area contributed by atoms with Crippen LogP contribution in [-0.4, -0.2) is 39.0 Å². The summed E-state index contributed by atoms with van der Waals surface area (Å²) in [7, 11) is -2.30. The summed E-state index contributed by atoms with van der Waals surface area (Å²) in [6.45, 7) is 0.260. The highest BCUT2D eigenvalue weighted by Gasteiger charge is 2.19. The van der Waals surface area contributed by atoms with Gasteiger partial charge >= 0.3 is 5.97 Å². The fourth-order valence-electron chi connectivity index (χ4n) is 1.44. The number of ether oxygens (including phenoxy) is 1.